The molecule has 1 aromatic heterocycles. The van der Waals surface area contributed by atoms with E-state index in [1.807, 2.05) is 42.5 Å². The molecular weight excluding hydrogens is 486 g/mol. The summed E-state index contributed by atoms with van der Waals surface area (Å²) in [7, 11) is 1.65. The maximum absolute atomic E-state index is 13.8. The largest absolute Gasteiger partial charge is 0.496 e. The lowest BCUT2D eigenvalue weighted by atomic mass is 10.0. The van der Waals surface area contributed by atoms with Gasteiger partial charge in [-0.3, -0.25) is 14.2 Å². The van der Waals surface area contributed by atoms with E-state index in [2.05, 4.69) is 5.32 Å². The van der Waals surface area contributed by atoms with Crippen molar-refractivity contribution in [1.82, 2.24) is 19.8 Å². The van der Waals surface area contributed by atoms with Crippen molar-refractivity contribution in [1.29, 1.82) is 0 Å². The molecule has 2 heterocycles. The molecule has 2 aromatic carbocycles. The summed E-state index contributed by atoms with van der Waals surface area (Å²) >= 11 is 1.67. The highest BCUT2D eigenvalue weighted by atomic mass is 32.2. The first-order chi connectivity index (χ1) is 18.0. The van der Waals surface area contributed by atoms with Crippen LogP contribution in [0.1, 0.15) is 42.5 Å². The number of nitrogens with one attached hydrogen (secondary N) is 1. The van der Waals surface area contributed by atoms with Gasteiger partial charge >= 0.3 is 0 Å². The van der Waals surface area contributed by atoms with Crippen LogP contribution in [0.2, 0.25) is 0 Å². The Labute approximate surface area is 221 Å². The quantitative estimate of drug-likeness (QED) is 0.253. The minimum absolute atomic E-state index is 0.0243. The lowest BCUT2D eigenvalue weighted by molar-refractivity contribution is -0.132. The number of nitrogen functional groups attached to an aromatic ring is 1. The fourth-order valence-electron chi connectivity index (χ4n) is 4.71. The number of benzene rings is 2. The predicted octanol–water partition coefficient (Wildman–Crippen LogP) is 3.53. The molecule has 0 bridgehead atoms. The first kappa shape index (κ1) is 25.4. The molecule has 1 aliphatic heterocycles. The first-order valence-corrected chi connectivity index (χ1v) is 13.7. The van der Waals surface area contributed by atoms with Crippen LogP contribution in [0.15, 0.2) is 58.5 Å². The third-order valence-corrected chi connectivity index (χ3v) is 8.37. The summed E-state index contributed by atoms with van der Waals surface area (Å²) in [5.74, 6) is 0.850. The van der Waals surface area contributed by atoms with Gasteiger partial charge in [0.05, 0.1) is 36.3 Å². The molecule has 3 N–H and O–H groups in total. The van der Waals surface area contributed by atoms with Crippen LogP contribution in [-0.2, 0) is 24.3 Å². The van der Waals surface area contributed by atoms with Gasteiger partial charge in [0, 0.05) is 43.3 Å². The summed E-state index contributed by atoms with van der Waals surface area (Å²) in [6.07, 6.45) is 4.41. The Morgan fingerprint density at radius 2 is 1.97 bits per heavy atom. The second-order valence-corrected chi connectivity index (χ2v) is 10.8. The van der Waals surface area contributed by atoms with Crippen LogP contribution in [0.4, 0.5) is 5.69 Å². The van der Waals surface area contributed by atoms with Gasteiger partial charge in [-0.1, -0.05) is 48.5 Å². The number of hydrogen-bond acceptors (Lipinski definition) is 7. The van der Waals surface area contributed by atoms with Gasteiger partial charge in [-0.05, 0) is 31.0 Å². The normalized spacial score (nSPS) is 15.2. The number of nitrogens with two attached hydrogens (primary N) is 1. The van der Waals surface area contributed by atoms with Crippen LogP contribution < -0.4 is 21.3 Å². The molecule has 0 spiro atoms. The number of carbonyl (C=O) groups is 1. The average Bonchev–Trinajstić information content (AvgIpc) is 2.89. The second-order valence-electron chi connectivity index (χ2n) is 9.49. The lowest BCUT2D eigenvalue weighted by Gasteiger charge is -2.30. The zero-order valence-corrected chi connectivity index (χ0v) is 21.9. The number of methoxy groups -OCH3 is 1. The predicted molar refractivity (Wildman–Crippen MR) is 146 cm³/mol. The summed E-state index contributed by atoms with van der Waals surface area (Å²) in [5.41, 5.74) is 9.76. The van der Waals surface area contributed by atoms with Gasteiger partial charge in [-0.25, -0.2) is 4.98 Å². The van der Waals surface area contributed by atoms with E-state index in [9.17, 15) is 9.59 Å². The maximum atomic E-state index is 13.8. The van der Waals surface area contributed by atoms with E-state index in [4.69, 9.17) is 15.5 Å². The molecule has 1 saturated carbocycles. The Bertz CT molecular complexity index is 1340. The minimum atomic E-state index is -0.128. The highest BCUT2D eigenvalue weighted by Gasteiger charge is 2.29. The number of fused-ring (bicyclic) bond motifs is 1. The van der Waals surface area contributed by atoms with Gasteiger partial charge in [0.15, 0.2) is 5.16 Å². The molecule has 2 aliphatic rings. The zero-order valence-electron chi connectivity index (χ0n) is 21.1. The standard InChI is InChI=1S/C28H33N5O3S/c1-36-25-12-5-2-7-19(25)17-30-15-13-26(34)32-16-14-23-21(18-32)27(35)33(24-11-4-3-10-22(24)29)28(31-23)37-20-8-6-9-20/h2-5,7,10-12,20,30H,6,8-9,13-18,29H2,1H3. The van der Waals surface area contributed by atoms with Crippen molar-refractivity contribution in [2.75, 3.05) is 25.9 Å². The van der Waals surface area contributed by atoms with Crippen molar-refractivity contribution in [3.8, 4) is 11.4 Å². The van der Waals surface area contributed by atoms with E-state index in [-0.39, 0.29) is 18.0 Å². The van der Waals surface area contributed by atoms with Crippen molar-refractivity contribution in [2.45, 2.75) is 55.6 Å². The molecule has 1 fully saturated rings. The number of carbonyl (C=O) groups excluding carboxylic acids is 1. The molecule has 0 saturated heterocycles. The van der Waals surface area contributed by atoms with E-state index in [1.165, 1.54) is 6.42 Å². The monoisotopic (exact) mass is 519 g/mol. The Morgan fingerprint density at radius 3 is 2.73 bits per heavy atom. The van der Waals surface area contributed by atoms with Gasteiger partial charge in [-0.15, -0.1) is 0 Å². The third-order valence-electron chi connectivity index (χ3n) is 7.08. The molecule has 5 rings (SSSR count). The SMILES string of the molecule is COc1ccccc1CNCCC(=O)N1CCc2nc(SC3CCC3)n(-c3ccccc3N)c(=O)c2C1. The number of hydrogen-bond donors (Lipinski definition) is 2. The number of nitrogens with zero attached hydrogens (tertiary/aromatic N) is 3. The Hall–Kier alpha value is -3.30. The lowest BCUT2D eigenvalue weighted by Crippen LogP contribution is -2.42. The van der Waals surface area contributed by atoms with E-state index in [0.717, 1.165) is 29.8 Å². The van der Waals surface area contributed by atoms with Gasteiger partial charge < -0.3 is 20.7 Å². The summed E-state index contributed by atoms with van der Waals surface area (Å²) in [6.45, 7) is 2.00. The molecule has 9 heteroatoms. The van der Waals surface area contributed by atoms with Crippen molar-refractivity contribution in [2.24, 2.45) is 0 Å². The number of para-hydroxylation sites is 3. The van der Waals surface area contributed by atoms with Crippen molar-refractivity contribution < 1.29 is 9.53 Å². The fourth-order valence-corrected chi connectivity index (χ4v) is 6.03. The smallest absolute Gasteiger partial charge is 0.264 e. The van der Waals surface area contributed by atoms with Crippen LogP contribution in [0.5, 0.6) is 5.75 Å². The van der Waals surface area contributed by atoms with Crippen molar-refractivity contribution in [3.05, 3.63) is 75.7 Å². The van der Waals surface area contributed by atoms with E-state index in [1.54, 1.807) is 34.4 Å². The molecule has 8 nitrogen and oxygen atoms in total. The third kappa shape index (κ3) is 5.52. The maximum Gasteiger partial charge on any atom is 0.264 e. The minimum Gasteiger partial charge on any atom is -0.496 e. The Balaban J connectivity index is 1.30. The van der Waals surface area contributed by atoms with Gasteiger partial charge in [0.1, 0.15) is 5.75 Å². The number of anilines is 1. The van der Waals surface area contributed by atoms with Crippen LogP contribution >= 0.6 is 11.8 Å². The number of thioether (sulfide) groups is 1. The zero-order chi connectivity index (χ0) is 25.8. The molecule has 1 amide bonds. The number of amides is 1. The first-order valence-electron chi connectivity index (χ1n) is 12.8. The summed E-state index contributed by atoms with van der Waals surface area (Å²) < 4.78 is 7.04. The van der Waals surface area contributed by atoms with Crippen molar-refractivity contribution in [3.63, 3.8) is 0 Å². The summed E-state index contributed by atoms with van der Waals surface area (Å²) in [6, 6.07) is 15.2. The van der Waals surface area contributed by atoms with Gasteiger partial charge in [0.2, 0.25) is 5.91 Å². The van der Waals surface area contributed by atoms with E-state index in [0.29, 0.717) is 59.8 Å². The number of ether oxygens (including phenoxy) is 1. The fraction of sp³-hybridized carbons (Fsp3) is 0.393. The van der Waals surface area contributed by atoms with Crippen LogP contribution in [-0.4, -0.2) is 45.8 Å². The summed E-state index contributed by atoms with van der Waals surface area (Å²) in [4.78, 5) is 33.6. The second kappa shape index (κ2) is 11.4. The van der Waals surface area contributed by atoms with Crippen LogP contribution in [0.25, 0.3) is 5.69 Å². The highest BCUT2D eigenvalue weighted by molar-refractivity contribution is 7.99. The topological polar surface area (TPSA) is 102 Å². The molecule has 194 valence electrons. The molecular formula is C28H33N5O3S. The molecule has 0 radical (unpaired) electrons. The molecule has 0 unspecified atom stereocenters. The average molecular weight is 520 g/mol. The Kier molecular flexibility index (Phi) is 7.81. The van der Waals surface area contributed by atoms with E-state index < -0.39 is 0 Å². The van der Waals surface area contributed by atoms with Crippen molar-refractivity contribution >= 4 is 23.4 Å². The van der Waals surface area contributed by atoms with Crippen LogP contribution in [0, 0.1) is 0 Å². The number of rotatable bonds is 9. The number of aromatic nitrogens is 2. The van der Waals surface area contributed by atoms with Crippen LogP contribution in [0.3, 0.4) is 0 Å². The molecule has 37 heavy (non-hydrogen) atoms. The summed E-state index contributed by atoms with van der Waals surface area (Å²) in [5, 5.41) is 4.51. The van der Waals surface area contributed by atoms with E-state index >= 15 is 0 Å². The van der Waals surface area contributed by atoms with Gasteiger partial charge in [-0.2, -0.15) is 0 Å². The highest BCUT2D eigenvalue weighted by Crippen LogP contribution is 2.37. The molecule has 1 aliphatic carbocycles. The Morgan fingerprint density at radius 1 is 1.19 bits per heavy atom. The van der Waals surface area contributed by atoms with Gasteiger partial charge in [0.25, 0.3) is 5.56 Å². The molecule has 0 atom stereocenters. The molecule has 3 aromatic rings.